The Balaban J connectivity index is 1.77. The van der Waals surface area contributed by atoms with Crippen molar-refractivity contribution in [3.05, 3.63) is 83.2 Å². The highest BCUT2D eigenvalue weighted by atomic mass is 16.5. The summed E-state index contributed by atoms with van der Waals surface area (Å²) in [6, 6.07) is 19.4. The van der Waals surface area contributed by atoms with Crippen LogP contribution >= 0.6 is 0 Å². The van der Waals surface area contributed by atoms with E-state index in [1.165, 1.54) is 41.8 Å². The normalized spacial score (nSPS) is 20.2. The topological polar surface area (TPSA) is 12.5 Å². The smallest absolute Gasteiger partial charge is 0.119 e. The van der Waals surface area contributed by atoms with Crippen LogP contribution in [0.25, 0.3) is 0 Å². The summed E-state index contributed by atoms with van der Waals surface area (Å²) in [7, 11) is 1.71. The largest absolute Gasteiger partial charge is 0.497 e. The second-order valence-corrected chi connectivity index (χ2v) is 6.96. The van der Waals surface area contributed by atoms with E-state index in [1.54, 1.807) is 12.7 Å². The van der Waals surface area contributed by atoms with Gasteiger partial charge in [-0.3, -0.25) is 0 Å². The summed E-state index contributed by atoms with van der Waals surface area (Å²) in [6.07, 6.45) is 7.27. The first-order valence-electron chi connectivity index (χ1n) is 9.16. The second kappa shape index (κ2) is 6.79. The molecule has 25 heavy (non-hydrogen) atoms. The number of nitrogens with zero attached hydrogens (tertiary/aromatic N) is 1. The van der Waals surface area contributed by atoms with Crippen molar-refractivity contribution in [2.45, 2.75) is 38.5 Å². The molecule has 0 saturated carbocycles. The Hall–Kier alpha value is -2.48. The van der Waals surface area contributed by atoms with Crippen LogP contribution in [0.1, 0.15) is 44.1 Å². The van der Waals surface area contributed by atoms with Gasteiger partial charge >= 0.3 is 0 Å². The van der Waals surface area contributed by atoms with Crippen LogP contribution in [0.5, 0.6) is 5.75 Å². The lowest BCUT2D eigenvalue weighted by Crippen LogP contribution is -2.27. The van der Waals surface area contributed by atoms with Crippen LogP contribution in [0, 0.1) is 0 Å². The lowest BCUT2D eigenvalue weighted by atomic mass is 9.77. The average Bonchev–Trinajstić information content (AvgIpc) is 2.68. The van der Waals surface area contributed by atoms with E-state index in [9.17, 15) is 0 Å². The number of rotatable bonds is 3. The van der Waals surface area contributed by atoms with Gasteiger partial charge < -0.3 is 9.64 Å². The molecule has 1 aliphatic carbocycles. The summed E-state index contributed by atoms with van der Waals surface area (Å²) in [5.41, 5.74) is 7.16. The van der Waals surface area contributed by atoms with Crippen molar-refractivity contribution in [3.8, 4) is 5.75 Å². The van der Waals surface area contributed by atoms with Crippen molar-refractivity contribution >= 4 is 5.69 Å². The molecule has 0 fully saturated rings. The second-order valence-electron chi connectivity index (χ2n) is 6.96. The first kappa shape index (κ1) is 16.0. The summed E-state index contributed by atoms with van der Waals surface area (Å²) < 4.78 is 5.31. The Bertz CT molecular complexity index is 802. The minimum absolute atomic E-state index is 0.436. The predicted molar refractivity (Wildman–Crippen MR) is 104 cm³/mol. The summed E-state index contributed by atoms with van der Waals surface area (Å²) in [4.78, 5) is 2.41. The number of benzene rings is 2. The molecule has 0 aromatic heterocycles. The zero-order valence-corrected chi connectivity index (χ0v) is 15.0. The molecule has 2 heteroatoms. The molecule has 128 valence electrons. The molecule has 0 radical (unpaired) electrons. The van der Waals surface area contributed by atoms with Gasteiger partial charge in [0.05, 0.1) is 7.11 Å². The van der Waals surface area contributed by atoms with E-state index in [-0.39, 0.29) is 0 Å². The van der Waals surface area contributed by atoms with Gasteiger partial charge in [-0.1, -0.05) is 30.3 Å². The molecule has 2 aromatic rings. The molecule has 2 nitrogen and oxygen atoms in total. The number of ether oxygens (including phenoxy) is 1. The third-order valence-electron chi connectivity index (χ3n) is 5.39. The van der Waals surface area contributed by atoms with E-state index in [2.05, 4.69) is 60.5 Å². The lowest BCUT2D eigenvalue weighted by Gasteiger charge is -2.39. The lowest BCUT2D eigenvalue weighted by molar-refractivity contribution is 0.415. The monoisotopic (exact) mass is 331 g/mol. The van der Waals surface area contributed by atoms with E-state index >= 15 is 0 Å². The Morgan fingerprint density at radius 1 is 0.920 bits per heavy atom. The van der Waals surface area contributed by atoms with E-state index in [1.807, 2.05) is 12.1 Å². The van der Waals surface area contributed by atoms with Gasteiger partial charge in [-0.2, -0.15) is 0 Å². The van der Waals surface area contributed by atoms with Crippen molar-refractivity contribution < 1.29 is 4.74 Å². The molecule has 1 heterocycles. The standard InChI is InChI=1S/C23H25NO/c1-17-16-24(19-12-14-20(25-2)15-13-19)22-11-7-6-10-21(22)23(17)18-8-4-3-5-9-18/h3-5,8-9,12-16,23H,6-7,10-11H2,1-2H3/t23-/m1/s1. The zero-order chi connectivity index (χ0) is 17.2. The van der Waals surface area contributed by atoms with Gasteiger partial charge in [0.1, 0.15) is 5.75 Å². The summed E-state index contributed by atoms with van der Waals surface area (Å²) in [6.45, 7) is 2.27. The van der Waals surface area contributed by atoms with E-state index in [0.717, 1.165) is 12.2 Å². The maximum absolute atomic E-state index is 5.31. The van der Waals surface area contributed by atoms with Gasteiger partial charge in [0.2, 0.25) is 0 Å². The summed E-state index contributed by atoms with van der Waals surface area (Å²) in [5, 5.41) is 0. The molecule has 0 unspecified atom stereocenters. The number of hydrogen-bond donors (Lipinski definition) is 0. The van der Waals surface area contributed by atoms with E-state index in [4.69, 9.17) is 4.74 Å². The van der Waals surface area contributed by atoms with Crippen molar-refractivity contribution in [1.29, 1.82) is 0 Å². The van der Waals surface area contributed by atoms with E-state index < -0.39 is 0 Å². The van der Waals surface area contributed by atoms with Crippen LogP contribution in [0.4, 0.5) is 5.69 Å². The molecule has 0 amide bonds. The molecular formula is C23H25NO. The Morgan fingerprint density at radius 3 is 2.36 bits per heavy atom. The molecule has 1 atom stereocenters. The van der Waals surface area contributed by atoms with Crippen molar-refractivity contribution in [2.24, 2.45) is 0 Å². The van der Waals surface area contributed by atoms with Crippen molar-refractivity contribution in [2.75, 3.05) is 12.0 Å². The fourth-order valence-corrected chi connectivity index (χ4v) is 4.21. The molecule has 0 spiro atoms. The fourth-order valence-electron chi connectivity index (χ4n) is 4.21. The minimum Gasteiger partial charge on any atom is -0.497 e. The Morgan fingerprint density at radius 2 is 1.64 bits per heavy atom. The molecule has 4 rings (SSSR count). The Kier molecular flexibility index (Phi) is 4.35. The van der Waals surface area contributed by atoms with Gasteiger partial charge in [-0.05, 0) is 73.6 Å². The van der Waals surface area contributed by atoms with Crippen LogP contribution in [-0.4, -0.2) is 7.11 Å². The average molecular weight is 331 g/mol. The molecule has 1 aliphatic heterocycles. The molecule has 2 aromatic carbocycles. The van der Waals surface area contributed by atoms with Crippen molar-refractivity contribution in [3.63, 3.8) is 0 Å². The summed E-state index contributed by atoms with van der Waals surface area (Å²) >= 11 is 0. The fraction of sp³-hybridized carbons (Fsp3) is 0.304. The van der Waals surface area contributed by atoms with E-state index in [0.29, 0.717) is 5.92 Å². The van der Waals surface area contributed by atoms with Gasteiger partial charge in [0.25, 0.3) is 0 Å². The van der Waals surface area contributed by atoms with Crippen molar-refractivity contribution in [1.82, 2.24) is 0 Å². The number of allylic oxidation sites excluding steroid dienone is 3. The maximum Gasteiger partial charge on any atom is 0.119 e. The quantitative estimate of drug-likeness (QED) is 0.681. The van der Waals surface area contributed by atoms with Gasteiger partial charge in [0, 0.05) is 23.5 Å². The van der Waals surface area contributed by atoms with Gasteiger partial charge in [-0.15, -0.1) is 0 Å². The van der Waals surface area contributed by atoms with Crippen LogP contribution < -0.4 is 9.64 Å². The molecule has 2 aliphatic rings. The molecular weight excluding hydrogens is 306 g/mol. The number of hydrogen-bond acceptors (Lipinski definition) is 2. The summed E-state index contributed by atoms with van der Waals surface area (Å²) in [5.74, 6) is 1.34. The highest BCUT2D eigenvalue weighted by molar-refractivity contribution is 5.62. The SMILES string of the molecule is COc1ccc(N2C=C(C)[C@H](c3ccccc3)C3=C2CCCC3)cc1. The highest BCUT2D eigenvalue weighted by Crippen LogP contribution is 2.45. The maximum atomic E-state index is 5.31. The van der Waals surface area contributed by atoms with Gasteiger partial charge in [0.15, 0.2) is 0 Å². The number of anilines is 1. The first-order chi connectivity index (χ1) is 12.3. The predicted octanol–water partition coefficient (Wildman–Crippen LogP) is 6.03. The zero-order valence-electron chi connectivity index (χ0n) is 15.0. The number of methoxy groups -OCH3 is 1. The van der Waals surface area contributed by atoms with Crippen LogP contribution in [0.3, 0.4) is 0 Å². The molecule has 0 saturated heterocycles. The first-order valence-corrected chi connectivity index (χ1v) is 9.16. The minimum atomic E-state index is 0.436. The van der Waals surface area contributed by atoms with Gasteiger partial charge in [-0.25, -0.2) is 0 Å². The highest BCUT2D eigenvalue weighted by Gasteiger charge is 2.30. The molecule has 0 N–H and O–H groups in total. The third-order valence-corrected chi connectivity index (χ3v) is 5.39. The molecule has 0 bridgehead atoms. The van der Waals surface area contributed by atoms with Crippen LogP contribution in [-0.2, 0) is 0 Å². The third kappa shape index (κ3) is 2.97. The Labute approximate surface area is 150 Å². The van der Waals surface area contributed by atoms with Crippen LogP contribution in [0.2, 0.25) is 0 Å². The van der Waals surface area contributed by atoms with Crippen LogP contribution in [0.15, 0.2) is 77.6 Å².